The molecule has 158 valence electrons. The van der Waals surface area contributed by atoms with Crippen molar-refractivity contribution in [3.63, 3.8) is 0 Å². The van der Waals surface area contributed by atoms with Crippen LogP contribution in [0.3, 0.4) is 0 Å². The summed E-state index contributed by atoms with van der Waals surface area (Å²) >= 11 is 0. The van der Waals surface area contributed by atoms with Crippen LogP contribution in [0.4, 0.5) is 14.5 Å². The highest BCUT2D eigenvalue weighted by molar-refractivity contribution is 5.90. The van der Waals surface area contributed by atoms with E-state index in [-0.39, 0.29) is 23.2 Å². The highest BCUT2D eigenvalue weighted by atomic mass is 19.1. The van der Waals surface area contributed by atoms with Crippen LogP contribution in [-0.2, 0) is 12.1 Å². The maximum absolute atomic E-state index is 14.6. The molecular formula is C20H22F2N6O2. The van der Waals surface area contributed by atoms with Gasteiger partial charge in [-0.05, 0) is 29.8 Å². The molecule has 0 saturated heterocycles. The fourth-order valence-corrected chi connectivity index (χ4v) is 3.27. The second kappa shape index (κ2) is 8.17. The molecule has 3 rings (SSSR count). The first kappa shape index (κ1) is 21.3. The Bertz CT molecular complexity index is 1040. The summed E-state index contributed by atoms with van der Waals surface area (Å²) in [5, 5.41) is 32.1. The maximum atomic E-state index is 14.6. The number of nitrogens with zero attached hydrogens (tertiary/aromatic N) is 5. The Morgan fingerprint density at radius 2 is 1.93 bits per heavy atom. The van der Waals surface area contributed by atoms with Gasteiger partial charge in [-0.3, -0.25) is 0 Å². The average Bonchev–Trinajstić information content (AvgIpc) is 3.13. The van der Waals surface area contributed by atoms with Gasteiger partial charge in [0.05, 0.1) is 26.5 Å². The molecule has 0 bridgehead atoms. The van der Waals surface area contributed by atoms with E-state index in [1.807, 2.05) is 0 Å². The molecule has 0 spiro atoms. The molecule has 0 radical (unpaired) electrons. The summed E-state index contributed by atoms with van der Waals surface area (Å²) in [6.07, 6.45) is 2.64. The van der Waals surface area contributed by atoms with E-state index in [2.05, 4.69) is 15.2 Å². The second-order valence-electron chi connectivity index (χ2n) is 7.56. The molecule has 1 aromatic heterocycles. The fourth-order valence-electron chi connectivity index (χ4n) is 3.27. The minimum Gasteiger partial charge on any atom is -0.855 e. The summed E-state index contributed by atoms with van der Waals surface area (Å²) in [6.45, 7) is -0.376. The van der Waals surface area contributed by atoms with Crippen molar-refractivity contribution in [2.75, 3.05) is 26.4 Å². The number of nitrogens with two attached hydrogens (primary N) is 1. The first-order valence-corrected chi connectivity index (χ1v) is 9.04. The fraction of sp³-hybridized carbons (Fsp3) is 0.250. The van der Waals surface area contributed by atoms with Crippen LogP contribution >= 0.6 is 0 Å². The van der Waals surface area contributed by atoms with E-state index in [1.54, 1.807) is 38.4 Å². The minimum atomic E-state index is -1.86. The molecule has 30 heavy (non-hydrogen) atoms. The second-order valence-corrected chi connectivity index (χ2v) is 7.56. The van der Waals surface area contributed by atoms with E-state index in [0.717, 1.165) is 6.07 Å². The molecule has 8 nitrogen and oxygen atoms in total. The van der Waals surface area contributed by atoms with Crippen molar-refractivity contribution in [3.8, 4) is 0 Å². The lowest BCUT2D eigenvalue weighted by molar-refractivity contribution is -0.905. The number of halogens is 2. The Morgan fingerprint density at radius 1 is 1.23 bits per heavy atom. The zero-order valence-electron chi connectivity index (χ0n) is 16.5. The highest BCUT2D eigenvalue weighted by Crippen LogP contribution is 2.29. The number of anilines is 1. The van der Waals surface area contributed by atoms with E-state index < -0.39 is 23.1 Å². The van der Waals surface area contributed by atoms with Crippen LogP contribution in [0.2, 0.25) is 0 Å². The summed E-state index contributed by atoms with van der Waals surface area (Å²) < 4.78 is 29.0. The number of hydrogen-bond acceptors (Lipinski definition) is 6. The summed E-state index contributed by atoms with van der Waals surface area (Å²) in [5.74, 6) is -2.21. The van der Waals surface area contributed by atoms with E-state index in [0.29, 0.717) is 17.3 Å². The van der Waals surface area contributed by atoms with E-state index in [9.17, 15) is 19.0 Å². The first-order valence-electron chi connectivity index (χ1n) is 9.04. The molecule has 0 saturated carbocycles. The molecule has 0 fully saturated rings. The van der Waals surface area contributed by atoms with Crippen molar-refractivity contribution in [2.24, 2.45) is 5.10 Å². The van der Waals surface area contributed by atoms with Gasteiger partial charge in [-0.2, -0.15) is 5.10 Å². The zero-order chi connectivity index (χ0) is 21.9. The summed E-state index contributed by atoms with van der Waals surface area (Å²) in [7, 11) is 3.17. The molecule has 3 aromatic rings. The molecular weight excluding hydrogens is 394 g/mol. The Labute approximate surface area is 172 Å². The van der Waals surface area contributed by atoms with Crippen LogP contribution in [0, 0.1) is 11.6 Å². The minimum absolute atomic E-state index is 0.138. The molecule has 1 atom stereocenters. The number of quaternary nitrogens is 1. The normalized spacial score (nSPS) is 14.5. The van der Waals surface area contributed by atoms with Gasteiger partial charge in [-0.1, -0.05) is 17.2 Å². The topological polar surface area (TPSA) is 112 Å². The lowest BCUT2D eigenvalue weighted by Crippen LogP contribution is -2.50. The van der Waals surface area contributed by atoms with Crippen molar-refractivity contribution >= 4 is 11.6 Å². The quantitative estimate of drug-likeness (QED) is 0.195. The lowest BCUT2D eigenvalue weighted by atomic mass is 9.92. The van der Waals surface area contributed by atoms with Crippen molar-refractivity contribution in [1.29, 1.82) is 0 Å². The molecule has 0 aliphatic carbocycles. The number of aromatic nitrogens is 3. The molecule has 1 unspecified atom stereocenters. The highest BCUT2D eigenvalue weighted by Gasteiger charge is 2.40. The number of nitrogen functional groups attached to an aromatic ring is 1. The largest absolute Gasteiger partial charge is 0.855 e. The number of aliphatic hydroxyl groups is 1. The number of hydrogen-bond donors (Lipinski definition) is 2. The zero-order valence-corrected chi connectivity index (χ0v) is 16.5. The number of benzene rings is 2. The Morgan fingerprint density at radius 3 is 2.53 bits per heavy atom. The van der Waals surface area contributed by atoms with Gasteiger partial charge in [0.15, 0.2) is 5.60 Å². The van der Waals surface area contributed by atoms with Crippen LogP contribution in [0.25, 0.3) is 0 Å². The molecule has 2 aromatic carbocycles. The molecule has 0 aliphatic rings. The smallest absolute Gasteiger partial charge is 0.163 e. The van der Waals surface area contributed by atoms with Crippen LogP contribution in [0.15, 0.2) is 60.2 Å². The molecule has 1 heterocycles. The molecule has 0 aliphatic heterocycles. The van der Waals surface area contributed by atoms with Crippen molar-refractivity contribution in [1.82, 2.24) is 14.8 Å². The van der Waals surface area contributed by atoms with Crippen LogP contribution in [0.1, 0.15) is 11.1 Å². The molecule has 3 N–H and O–H groups in total. The maximum Gasteiger partial charge on any atom is 0.163 e. The van der Waals surface area contributed by atoms with Crippen LogP contribution in [0.5, 0.6) is 0 Å². The number of likely N-dealkylation sites (N-methyl/N-ethyl adjacent to an activating group) is 1. The first-order chi connectivity index (χ1) is 14.1. The van der Waals surface area contributed by atoms with Crippen LogP contribution in [-0.4, -0.2) is 51.0 Å². The van der Waals surface area contributed by atoms with Crippen molar-refractivity contribution in [2.45, 2.75) is 12.1 Å². The predicted octanol–water partition coefficient (Wildman–Crippen LogP) is 0.825. The van der Waals surface area contributed by atoms with Gasteiger partial charge in [0.25, 0.3) is 0 Å². The summed E-state index contributed by atoms with van der Waals surface area (Å²) in [6, 6.07) is 9.17. The molecule has 0 amide bonds. The van der Waals surface area contributed by atoms with Crippen molar-refractivity contribution < 1.29 is 23.6 Å². The van der Waals surface area contributed by atoms with Gasteiger partial charge in [-0.15, -0.1) is 0 Å². The lowest BCUT2D eigenvalue weighted by Gasteiger charge is -2.35. The Hall–Kier alpha value is -3.37. The Balaban J connectivity index is 1.96. The summed E-state index contributed by atoms with van der Waals surface area (Å²) in [5.41, 5.74) is 4.47. The third-order valence-corrected chi connectivity index (χ3v) is 4.49. The average molecular weight is 416 g/mol. The summed E-state index contributed by atoms with van der Waals surface area (Å²) in [4.78, 5) is 3.82. The standard InChI is InChI=1S/C20H22F2N6O2/c1-28(2,26-19(29)14-3-6-16(23)7-4-14)11-20(30,10-27-13-24-12-25-27)17-8-5-15(21)9-18(17)22/h3-9,12-13,30H,10-11H2,1-2H3,(H2-,23,26,29). The van der Waals surface area contributed by atoms with Gasteiger partial charge in [0.2, 0.25) is 0 Å². The van der Waals surface area contributed by atoms with Gasteiger partial charge < -0.3 is 15.9 Å². The van der Waals surface area contributed by atoms with Gasteiger partial charge in [0.1, 0.15) is 30.8 Å². The monoisotopic (exact) mass is 416 g/mol. The number of rotatable bonds is 7. The van der Waals surface area contributed by atoms with E-state index in [1.165, 1.54) is 23.4 Å². The van der Waals surface area contributed by atoms with E-state index >= 15 is 0 Å². The predicted molar refractivity (Wildman–Crippen MR) is 105 cm³/mol. The molecule has 10 heteroatoms. The van der Waals surface area contributed by atoms with Crippen molar-refractivity contribution in [3.05, 3.63) is 77.9 Å². The third-order valence-electron chi connectivity index (χ3n) is 4.49. The van der Waals surface area contributed by atoms with Gasteiger partial charge >= 0.3 is 0 Å². The van der Waals surface area contributed by atoms with Gasteiger partial charge in [-0.25, -0.2) is 23.0 Å². The Kier molecular flexibility index (Phi) is 5.81. The SMILES string of the molecule is C[N+](C)(CC(O)(Cn1cncn1)c1ccc(F)cc1F)/N=C(/[O-])c1ccc(N)cc1. The van der Waals surface area contributed by atoms with Gasteiger partial charge in [0, 0.05) is 17.3 Å². The van der Waals surface area contributed by atoms with Crippen LogP contribution < -0.4 is 10.8 Å². The third kappa shape index (κ3) is 4.97. The van der Waals surface area contributed by atoms with E-state index in [4.69, 9.17) is 5.73 Å².